The summed E-state index contributed by atoms with van der Waals surface area (Å²) in [5.41, 5.74) is 7.80. The van der Waals surface area contributed by atoms with Crippen molar-refractivity contribution >= 4 is 28.2 Å². The van der Waals surface area contributed by atoms with Crippen LogP contribution >= 0.6 is 15.9 Å². The molecule has 0 atom stereocenters. The van der Waals surface area contributed by atoms with E-state index in [0.29, 0.717) is 18.1 Å². The number of nitrogens with one attached hydrogen (secondary N) is 1. The summed E-state index contributed by atoms with van der Waals surface area (Å²) in [5.74, 6) is 1.26. The number of primary amides is 1. The second kappa shape index (κ2) is 7.74. The molecule has 0 aromatic heterocycles. The Kier molecular flexibility index (Phi) is 6.30. The molecule has 0 aliphatic rings. The Morgan fingerprint density at radius 1 is 1.50 bits per heavy atom. The largest absolute Gasteiger partial charge is 0.490 e. The summed E-state index contributed by atoms with van der Waals surface area (Å²) in [6.07, 6.45) is 1.51. The van der Waals surface area contributed by atoms with Crippen molar-refractivity contribution in [3.8, 4) is 11.5 Å². The molecular formula is C13H18BrN3O3. The molecule has 0 saturated heterocycles. The molecule has 6 nitrogen and oxygen atoms in total. The van der Waals surface area contributed by atoms with Gasteiger partial charge in [0.05, 0.1) is 18.9 Å². The molecular weight excluding hydrogens is 326 g/mol. The molecule has 1 rings (SSSR count). The van der Waals surface area contributed by atoms with Gasteiger partial charge in [-0.15, -0.1) is 0 Å². The van der Waals surface area contributed by atoms with Gasteiger partial charge in [-0.1, -0.05) is 0 Å². The number of carbonyl (C=O) groups is 1. The SMILES string of the molecule is CCOc1cc(/C=N/NC(N)=O)c(Br)cc1OC(C)C. The van der Waals surface area contributed by atoms with Gasteiger partial charge in [0, 0.05) is 10.0 Å². The Balaban J connectivity index is 3.05. The molecule has 0 heterocycles. The predicted octanol–water partition coefficient (Wildman–Crippen LogP) is 2.64. The summed E-state index contributed by atoms with van der Waals surface area (Å²) >= 11 is 3.42. The first-order valence-electron chi connectivity index (χ1n) is 6.15. The fourth-order valence-electron chi connectivity index (χ4n) is 1.43. The van der Waals surface area contributed by atoms with E-state index in [4.69, 9.17) is 15.2 Å². The van der Waals surface area contributed by atoms with Crippen LogP contribution in [0.2, 0.25) is 0 Å². The molecule has 0 spiro atoms. The lowest BCUT2D eigenvalue weighted by molar-refractivity contribution is 0.223. The standard InChI is InChI=1S/C13H18BrN3O3/c1-4-19-11-5-9(7-16-17-13(15)18)10(14)6-12(11)20-8(2)3/h5-8H,4H2,1-3H3,(H3,15,17,18)/b16-7+. The average molecular weight is 344 g/mol. The van der Waals surface area contributed by atoms with Gasteiger partial charge in [-0.25, -0.2) is 10.2 Å². The van der Waals surface area contributed by atoms with Gasteiger partial charge in [-0.2, -0.15) is 5.10 Å². The summed E-state index contributed by atoms with van der Waals surface area (Å²) < 4.78 is 12.0. The van der Waals surface area contributed by atoms with Crippen LogP contribution in [0.3, 0.4) is 0 Å². The van der Waals surface area contributed by atoms with Crippen molar-refractivity contribution in [3.05, 3.63) is 22.2 Å². The van der Waals surface area contributed by atoms with Gasteiger partial charge in [-0.3, -0.25) is 0 Å². The van der Waals surface area contributed by atoms with Crippen LogP contribution in [0.25, 0.3) is 0 Å². The van der Waals surface area contributed by atoms with Crippen molar-refractivity contribution in [1.82, 2.24) is 5.43 Å². The number of halogens is 1. The van der Waals surface area contributed by atoms with E-state index in [2.05, 4.69) is 26.5 Å². The van der Waals surface area contributed by atoms with Crippen molar-refractivity contribution in [1.29, 1.82) is 0 Å². The number of hydrazone groups is 1. The quantitative estimate of drug-likeness (QED) is 0.614. The first kappa shape index (κ1) is 16.3. The fraction of sp³-hybridized carbons (Fsp3) is 0.385. The van der Waals surface area contributed by atoms with Crippen molar-refractivity contribution in [3.63, 3.8) is 0 Å². The summed E-state index contributed by atoms with van der Waals surface area (Å²) in [7, 11) is 0. The number of urea groups is 1. The number of amides is 2. The summed E-state index contributed by atoms with van der Waals surface area (Å²) in [5, 5.41) is 3.72. The van der Waals surface area contributed by atoms with E-state index < -0.39 is 6.03 Å². The molecule has 7 heteroatoms. The molecule has 3 N–H and O–H groups in total. The molecule has 0 fully saturated rings. The third-order valence-electron chi connectivity index (χ3n) is 2.10. The molecule has 0 bridgehead atoms. The van der Waals surface area contributed by atoms with Crippen molar-refractivity contribution < 1.29 is 14.3 Å². The highest BCUT2D eigenvalue weighted by atomic mass is 79.9. The van der Waals surface area contributed by atoms with Crippen LogP contribution in [0.4, 0.5) is 4.79 Å². The predicted molar refractivity (Wildman–Crippen MR) is 81.4 cm³/mol. The minimum absolute atomic E-state index is 0.0390. The monoisotopic (exact) mass is 343 g/mol. The highest BCUT2D eigenvalue weighted by Gasteiger charge is 2.11. The molecule has 110 valence electrons. The first-order chi connectivity index (χ1) is 9.43. The smallest absolute Gasteiger partial charge is 0.332 e. The molecule has 20 heavy (non-hydrogen) atoms. The molecule has 1 aromatic rings. The lowest BCUT2D eigenvalue weighted by Gasteiger charge is -2.15. The summed E-state index contributed by atoms with van der Waals surface area (Å²) in [4.78, 5) is 10.6. The highest BCUT2D eigenvalue weighted by Crippen LogP contribution is 2.33. The average Bonchev–Trinajstić information content (AvgIpc) is 2.33. The number of hydrogen-bond acceptors (Lipinski definition) is 4. The van der Waals surface area contributed by atoms with E-state index in [0.717, 1.165) is 10.0 Å². The second-order valence-corrected chi connectivity index (χ2v) is 5.01. The Bertz CT molecular complexity index is 504. The lowest BCUT2D eigenvalue weighted by atomic mass is 10.2. The minimum atomic E-state index is -0.720. The molecule has 0 aliphatic heterocycles. The molecule has 0 aliphatic carbocycles. The van der Waals surface area contributed by atoms with Gasteiger partial charge in [0.15, 0.2) is 11.5 Å². The second-order valence-electron chi connectivity index (χ2n) is 4.15. The van der Waals surface area contributed by atoms with E-state index in [1.807, 2.05) is 20.8 Å². The van der Waals surface area contributed by atoms with Crippen LogP contribution in [-0.4, -0.2) is 25.0 Å². The van der Waals surface area contributed by atoms with Gasteiger partial charge < -0.3 is 15.2 Å². The third-order valence-corrected chi connectivity index (χ3v) is 2.79. The zero-order valence-electron chi connectivity index (χ0n) is 11.6. The van der Waals surface area contributed by atoms with Crippen molar-refractivity contribution in [2.45, 2.75) is 26.9 Å². The van der Waals surface area contributed by atoms with Gasteiger partial charge in [0.1, 0.15) is 0 Å². The Labute approximate surface area is 126 Å². The molecule has 2 amide bonds. The number of benzene rings is 1. The zero-order valence-corrected chi connectivity index (χ0v) is 13.2. The van der Waals surface area contributed by atoms with E-state index in [1.165, 1.54) is 6.21 Å². The van der Waals surface area contributed by atoms with Gasteiger partial charge in [-0.05, 0) is 48.8 Å². The maximum Gasteiger partial charge on any atom is 0.332 e. The highest BCUT2D eigenvalue weighted by molar-refractivity contribution is 9.10. The normalized spacial score (nSPS) is 10.8. The van der Waals surface area contributed by atoms with E-state index in [9.17, 15) is 4.79 Å². The maximum atomic E-state index is 10.6. The van der Waals surface area contributed by atoms with Crippen LogP contribution in [0.15, 0.2) is 21.7 Å². The van der Waals surface area contributed by atoms with Gasteiger partial charge in [0.25, 0.3) is 0 Å². The Hall–Kier alpha value is -1.76. The number of hydrogen-bond donors (Lipinski definition) is 2. The van der Waals surface area contributed by atoms with Gasteiger partial charge in [0.2, 0.25) is 0 Å². The van der Waals surface area contributed by atoms with E-state index >= 15 is 0 Å². The van der Waals surface area contributed by atoms with E-state index in [-0.39, 0.29) is 6.10 Å². The van der Waals surface area contributed by atoms with Gasteiger partial charge >= 0.3 is 6.03 Å². The molecule has 0 unspecified atom stereocenters. The van der Waals surface area contributed by atoms with Crippen molar-refractivity contribution in [2.24, 2.45) is 10.8 Å². The third kappa shape index (κ3) is 5.08. The van der Waals surface area contributed by atoms with E-state index in [1.54, 1.807) is 12.1 Å². The number of rotatable bonds is 6. The van der Waals surface area contributed by atoms with Crippen LogP contribution in [-0.2, 0) is 0 Å². The summed E-state index contributed by atoms with van der Waals surface area (Å²) in [6, 6.07) is 2.86. The first-order valence-corrected chi connectivity index (χ1v) is 6.94. The maximum absolute atomic E-state index is 10.6. The number of nitrogens with two attached hydrogens (primary N) is 1. The topological polar surface area (TPSA) is 85.9 Å². The number of carbonyl (C=O) groups excluding carboxylic acids is 1. The van der Waals surface area contributed by atoms with Crippen molar-refractivity contribution in [2.75, 3.05) is 6.61 Å². The van der Waals surface area contributed by atoms with Crippen LogP contribution in [0.5, 0.6) is 11.5 Å². The Morgan fingerprint density at radius 2 is 2.20 bits per heavy atom. The Morgan fingerprint density at radius 3 is 2.75 bits per heavy atom. The molecule has 0 saturated carbocycles. The van der Waals surface area contributed by atoms with Crippen LogP contribution in [0, 0.1) is 0 Å². The van der Waals surface area contributed by atoms with Crippen LogP contribution < -0.4 is 20.6 Å². The zero-order chi connectivity index (χ0) is 15.1. The number of nitrogens with zero attached hydrogens (tertiary/aromatic N) is 1. The molecule has 0 radical (unpaired) electrons. The lowest BCUT2D eigenvalue weighted by Crippen LogP contribution is -2.24. The van der Waals surface area contributed by atoms with Crippen LogP contribution in [0.1, 0.15) is 26.3 Å². The molecule has 1 aromatic carbocycles. The number of ether oxygens (including phenoxy) is 2. The summed E-state index contributed by atoms with van der Waals surface area (Å²) in [6.45, 7) is 6.29. The minimum Gasteiger partial charge on any atom is -0.490 e. The fourth-order valence-corrected chi connectivity index (χ4v) is 1.85.